The SMILES string of the molecule is CCn1cc(CN2C[C@H]3Cc4nnc(C(=O)Nc5ccc(OC)cc5)n4C[C@H]3C2)cn1. The fraction of sp³-hybridized carbons (Fsp3) is 0.455. The van der Waals surface area contributed by atoms with E-state index >= 15 is 0 Å². The van der Waals surface area contributed by atoms with Crippen LogP contribution in [-0.4, -0.2) is 55.6 Å². The Kier molecular flexibility index (Phi) is 5.19. The second-order valence-corrected chi connectivity index (χ2v) is 8.36. The first-order valence-corrected chi connectivity index (χ1v) is 10.7. The van der Waals surface area contributed by atoms with Crippen molar-refractivity contribution in [3.8, 4) is 5.75 Å². The molecule has 0 saturated carbocycles. The molecule has 2 aliphatic rings. The first kappa shape index (κ1) is 19.7. The maximum atomic E-state index is 12.8. The summed E-state index contributed by atoms with van der Waals surface area (Å²) in [6, 6.07) is 7.26. The molecular formula is C22H27N7O2. The van der Waals surface area contributed by atoms with Crippen molar-refractivity contribution in [1.29, 1.82) is 0 Å². The molecule has 1 amide bonds. The van der Waals surface area contributed by atoms with E-state index in [0.717, 1.165) is 50.7 Å². The van der Waals surface area contributed by atoms with Gasteiger partial charge in [-0.1, -0.05) is 0 Å². The van der Waals surface area contributed by atoms with Gasteiger partial charge in [-0.05, 0) is 43.0 Å². The van der Waals surface area contributed by atoms with Crippen LogP contribution in [0.1, 0.15) is 28.9 Å². The second-order valence-electron chi connectivity index (χ2n) is 8.36. The van der Waals surface area contributed by atoms with Crippen molar-refractivity contribution in [2.45, 2.75) is 33.0 Å². The zero-order chi connectivity index (χ0) is 21.4. The van der Waals surface area contributed by atoms with Gasteiger partial charge in [-0.15, -0.1) is 10.2 Å². The number of ether oxygens (including phenoxy) is 1. The van der Waals surface area contributed by atoms with E-state index in [4.69, 9.17) is 4.74 Å². The van der Waals surface area contributed by atoms with Gasteiger partial charge < -0.3 is 14.6 Å². The number of aryl methyl sites for hydroxylation is 1. The first-order chi connectivity index (χ1) is 15.1. The monoisotopic (exact) mass is 421 g/mol. The number of nitrogens with one attached hydrogen (secondary N) is 1. The quantitative estimate of drug-likeness (QED) is 0.655. The summed E-state index contributed by atoms with van der Waals surface area (Å²) < 4.78 is 9.13. The highest BCUT2D eigenvalue weighted by atomic mass is 16.5. The molecule has 4 heterocycles. The number of fused-ring (bicyclic) bond motifs is 2. The lowest BCUT2D eigenvalue weighted by molar-refractivity contribution is 0.100. The molecular weight excluding hydrogens is 394 g/mol. The molecule has 0 bridgehead atoms. The molecule has 31 heavy (non-hydrogen) atoms. The molecule has 9 nitrogen and oxygen atoms in total. The molecule has 1 aromatic carbocycles. The normalized spacial score (nSPS) is 20.3. The Labute approximate surface area is 181 Å². The Morgan fingerprint density at radius 3 is 2.71 bits per heavy atom. The van der Waals surface area contributed by atoms with Gasteiger partial charge in [0.1, 0.15) is 11.6 Å². The van der Waals surface area contributed by atoms with Gasteiger partial charge >= 0.3 is 0 Å². The van der Waals surface area contributed by atoms with E-state index in [1.807, 2.05) is 39.7 Å². The average molecular weight is 422 g/mol. The van der Waals surface area contributed by atoms with E-state index < -0.39 is 0 Å². The van der Waals surface area contributed by atoms with Gasteiger partial charge in [-0.3, -0.25) is 14.4 Å². The van der Waals surface area contributed by atoms with Crippen molar-refractivity contribution in [3.63, 3.8) is 0 Å². The van der Waals surface area contributed by atoms with Gasteiger partial charge in [0.15, 0.2) is 0 Å². The Balaban J connectivity index is 1.25. The molecule has 0 unspecified atom stereocenters. The zero-order valence-corrected chi connectivity index (χ0v) is 17.9. The van der Waals surface area contributed by atoms with Crippen LogP contribution in [0.4, 0.5) is 5.69 Å². The fourth-order valence-corrected chi connectivity index (χ4v) is 4.70. The van der Waals surface area contributed by atoms with E-state index in [-0.39, 0.29) is 5.91 Å². The van der Waals surface area contributed by atoms with Crippen LogP contribution in [0.3, 0.4) is 0 Å². The molecule has 0 radical (unpaired) electrons. The third-order valence-corrected chi connectivity index (χ3v) is 6.31. The molecule has 2 aromatic heterocycles. The predicted molar refractivity (Wildman–Crippen MR) is 115 cm³/mol. The highest BCUT2D eigenvalue weighted by Crippen LogP contribution is 2.33. The molecule has 5 rings (SSSR count). The van der Waals surface area contributed by atoms with E-state index in [1.54, 1.807) is 7.11 Å². The van der Waals surface area contributed by atoms with Crippen molar-refractivity contribution in [2.24, 2.45) is 11.8 Å². The Bertz CT molecular complexity index is 1070. The standard InChI is InChI=1S/C22H27N7O2/c1-3-28-11-15(9-23-28)10-27-12-16-8-20-25-26-21(29(20)14-17(16)13-27)22(30)24-18-4-6-19(31-2)7-5-18/h4-7,9,11,16-17H,3,8,10,12-14H2,1-2H3,(H,24,30)/t16-,17-/m1/s1. The van der Waals surface area contributed by atoms with Crippen molar-refractivity contribution >= 4 is 11.6 Å². The molecule has 1 N–H and O–H groups in total. The summed E-state index contributed by atoms with van der Waals surface area (Å²) in [6.07, 6.45) is 4.94. The van der Waals surface area contributed by atoms with Crippen molar-refractivity contribution in [3.05, 3.63) is 53.9 Å². The van der Waals surface area contributed by atoms with Gasteiger partial charge in [-0.2, -0.15) is 5.10 Å². The van der Waals surface area contributed by atoms with Crippen LogP contribution in [0.25, 0.3) is 0 Å². The molecule has 9 heteroatoms. The maximum Gasteiger partial charge on any atom is 0.293 e. The number of rotatable bonds is 6. The summed E-state index contributed by atoms with van der Waals surface area (Å²) in [5, 5.41) is 15.8. The number of benzene rings is 1. The van der Waals surface area contributed by atoms with Crippen molar-refractivity contribution in [2.75, 3.05) is 25.5 Å². The lowest BCUT2D eigenvalue weighted by Gasteiger charge is -2.25. The van der Waals surface area contributed by atoms with Crippen LogP contribution in [0.15, 0.2) is 36.7 Å². The molecule has 1 saturated heterocycles. The largest absolute Gasteiger partial charge is 0.497 e. The summed E-state index contributed by atoms with van der Waals surface area (Å²) in [5.41, 5.74) is 1.95. The minimum Gasteiger partial charge on any atom is -0.497 e. The fourth-order valence-electron chi connectivity index (χ4n) is 4.70. The molecule has 1 fully saturated rings. The van der Waals surface area contributed by atoms with Crippen molar-refractivity contribution < 1.29 is 9.53 Å². The van der Waals surface area contributed by atoms with E-state index in [0.29, 0.717) is 23.3 Å². The minimum absolute atomic E-state index is 0.232. The van der Waals surface area contributed by atoms with Gasteiger partial charge in [0.05, 0.1) is 13.3 Å². The number of anilines is 1. The summed E-state index contributed by atoms with van der Waals surface area (Å²) in [6.45, 7) is 6.74. The number of hydrogen-bond acceptors (Lipinski definition) is 6. The number of methoxy groups -OCH3 is 1. The molecule has 0 aliphatic carbocycles. The van der Waals surface area contributed by atoms with Gasteiger partial charge in [0, 0.05) is 56.6 Å². The predicted octanol–water partition coefficient (Wildman–Crippen LogP) is 2.06. The van der Waals surface area contributed by atoms with Crippen LogP contribution in [-0.2, 0) is 26.1 Å². The number of amides is 1. The van der Waals surface area contributed by atoms with Gasteiger partial charge in [0.25, 0.3) is 5.91 Å². The first-order valence-electron chi connectivity index (χ1n) is 10.7. The second kappa shape index (κ2) is 8.14. The third-order valence-electron chi connectivity index (χ3n) is 6.31. The summed E-state index contributed by atoms with van der Waals surface area (Å²) in [4.78, 5) is 15.3. The van der Waals surface area contributed by atoms with Gasteiger partial charge in [-0.25, -0.2) is 0 Å². The van der Waals surface area contributed by atoms with Crippen LogP contribution < -0.4 is 10.1 Å². The highest BCUT2D eigenvalue weighted by molar-refractivity contribution is 6.01. The lowest BCUT2D eigenvalue weighted by atomic mass is 9.89. The van der Waals surface area contributed by atoms with Gasteiger partial charge in [0.2, 0.25) is 5.82 Å². The molecule has 2 aliphatic heterocycles. The number of likely N-dealkylation sites (tertiary alicyclic amines) is 1. The van der Waals surface area contributed by atoms with Crippen LogP contribution in [0.2, 0.25) is 0 Å². The van der Waals surface area contributed by atoms with E-state index in [9.17, 15) is 4.79 Å². The summed E-state index contributed by atoms with van der Waals surface area (Å²) >= 11 is 0. The number of carbonyl (C=O) groups is 1. The molecule has 0 spiro atoms. The zero-order valence-electron chi connectivity index (χ0n) is 17.9. The highest BCUT2D eigenvalue weighted by Gasteiger charge is 2.39. The molecule has 3 aromatic rings. The smallest absolute Gasteiger partial charge is 0.293 e. The van der Waals surface area contributed by atoms with Crippen molar-refractivity contribution in [1.82, 2.24) is 29.4 Å². The van der Waals surface area contributed by atoms with E-state index in [2.05, 4.69) is 38.6 Å². The number of carbonyl (C=O) groups excluding carboxylic acids is 1. The summed E-state index contributed by atoms with van der Waals surface area (Å²) in [7, 11) is 1.62. The Morgan fingerprint density at radius 2 is 1.97 bits per heavy atom. The average Bonchev–Trinajstić information content (AvgIpc) is 3.50. The Hall–Kier alpha value is -3.20. The lowest BCUT2D eigenvalue weighted by Crippen LogP contribution is -2.31. The van der Waals surface area contributed by atoms with Crippen LogP contribution in [0, 0.1) is 11.8 Å². The van der Waals surface area contributed by atoms with E-state index in [1.165, 1.54) is 5.56 Å². The minimum atomic E-state index is -0.232. The number of nitrogens with zero attached hydrogens (tertiary/aromatic N) is 6. The topological polar surface area (TPSA) is 90.1 Å². The third kappa shape index (κ3) is 3.93. The van der Waals surface area contributed by atoms with Crippen LogP contribution >= 0.6 is 0 Å². The molecule has 162 valence electrons. The number of aromatic nitrogens is 5. The molecule has 2 atom stereocenters. The maximum absolute atomic E-state index is 12.8. The Morgan fingerprint density at radius 1 is 1.16 bits per heavy atom. The summed E-state index contributed by atoms with van der Waals surface area (Å²) in [5.74, 6) is 2.85. The van der Waals surface area contributed by atoms with Crippen LogP contribution in [0.5, 0.6) is 5.75 Å². The number of hydrogen-bond donors (Lipinski definition) is 1.